The molecule has 2 fully saturated rings. The Labute approximate surface area is 185 Å². The van der Waals surface area contributed by atoms with Gasteiger partial charge in [0.1, 0.15) is 12.6 Å². The summed E-state index contributed by atoms with van der Waals surface area (Å²) in [7, 11) is 0. The summed E-state index contributed by atoms with van der Waals surface area (Å²) in [6, 6.07) is 4.87. The fourth-order valence-corrected chi connectivity index (χ4v) is 4.59. The lowest BCUT2D eigenvalue weighted by Crippen LogP contribution is -2.54. The highest BCUT2D eigenvalue weighted by atomic mass is 79.9. The van der Waals surface area contributed by atoms with Crippen molar-refractivity contribution in [2.45, 2.75) is 75.7 Å². The molecule has 0 bridgehead atoms. The van der Waals surface area contributed by atoms with Gasteiger partial charge in [-0.25, -0.2) is 13.5 Å². The molecule has 2 aromatic rings. The van der Waals surface area contributed by atoms with Crippen molar-refractivity contribution in [3.05, 3.63) is 33.0 Å². The van der Waals surface area contributed by atoms with Gasteiger partial charge in [0.2, 0.25) is 17.7 Å². The maximum absolute atomic E-state index is 13.5. The number of halogens is 3. The van der Waals surface area contributed by atoms with Crippen LogP contribution in [0.1, 0.15) is 45.4 Å². The number of ether oxygens (including phenoxy) is 1. The van der Waals surface area contributed by atoms with Crippen molar-refractivity contribution in [1.29, 1.82) is 0 Å². The maximum atomic E-state index is 13.5. The van der Waals surface area contributed by atoms with E-state index in [2.05, 4.69) is 26.3 Å². The summed E-state index contributed by atoms with van der Waals surface area (Å²) in [5, 5.41) is 17.6. The minimum atomic E-state index is -2.68. The summed E-state index contributed by atoms with van der Waals surface area (Å²) in [5.41, 5.74) is -1.22. The van der Waals surface area contributed by atoms with Gasteiger partial charge in [0.25, 0.3) is 5.56 Å². The molecule has 2 N–H and O–H groups in total. The van der Waals surface area contributed by atoms with Crippen molar-refractivity contribution in [3.63, 3.8) is 0 Å². The third-order valence-electron chi connectivity index (χ3n) is 5.86. The molecule has 2 aliphatic rings. The fourth-order valence-electron chi connectivity index (χ4n) is 4.22. The molecule has 2 aliphatic carbocycles. The molecule has 0 unspecified atom stereocenters. The molecule has 31 heavy (non-hydrogen) atoms. The maximum Gasteiger partial charge on any atom is 0.275 e. The fraction of sp³-hybridized carbons (Fsp3) is 0.571. The molecule has 10 heteroatoms. The Morgan fingerprint density at radius 2 is 2.00 bits per heavy atom. The van der Waals surface area contributed by atoms with Gasteiger partial charge in [-0.15, -0.1) is 5.10 Å². The van der Waals surface area contributed by atoms with Gasteiger partial charge in [-0.2, -0.15) is 0 Å². The summed E-state index contributed by atoms with van der Waals surface area (Å²) in [4.78, 5) is 25.3. The number of alkyl halides is 2. The van der Waals surface area contributed by atoms with Crippen molar-refractivity contribution < 1.29 is 23.4 Å². The van der Waals surface area contributed by atoms with Crippen LogP contribution in [0.25, 0.3) is 10.8 Å². The van der Waals surface area contributed by atoms with Crippen LogP contribution in [0.15, 0.2) is 27.5 Å². The Morgan fingerprint density at radius 3 is 2.65 bits per heavy atom. The first-order valence-electron chi connectivity index (χ1n) is 10.3. The first-order valence-corrected chi connectivity index (χ1v) is 11.1. The van der Waals surface area contributed by atoms with Crippen LogP contribution in [0, 0.1) is 0 Å². The lowest BCUT2D eigenvalue weighted by molar-refractivity contribution is -0.125. The summed E-state index contributed by atoms with van der Waals surface area (Å²) in [6.07, 6.45) is 0.322. The molecule has 1 aromatic heterocycles. The molecular formula is C21H24BrF2N3O4. The van der Waals surface area contributed by atoms with Crippen LogP contribution in [-0.2, 0) is 11.3 Å². The first-order chi connectivity index (χ1) is 14.5. The lowest BCUT2D eigenvalue weighted by atomic mass is 9.77. The second-order valence-corrected chi connectivity index (χ2v) is 9.72. The number of nitrogens with zero attached hydrogens (tertiary/aromatic N) is 2. The number of carbonyl (C=O) groups is 1. The van der Waals surface area contributed by atoms with E-state index in [4.69, 9.17) is 4.74 Å². The van der Waals surface area contributed by atoms with E-state index in [1.54, 1.807) is 25.1 Å². The Hall–Kier alpha value is -2.07. The second kappa shape index (κ2) is 8.12. The number of hydrogen-bond donors (Lipinski definition) is 2. The predicted octanol–water partition coefficient (Wildman–Crippen LogP) is 3.15. The molecule has 1 heterocycles. The van der Waals surface area contributed by atoms with Crippen LogP contribution < -0.4 is 15.6 Å². The molecule has 168 valence electrons. The van der Waals surface area contributed by atoms with Crippen LogP contribution in [0.3, 0.4) is 0 Å². The van der Waals surface area contributed by atoms with Crippen molar-refractivity contribution in [2.75, 3.05) is 0 Å². The molecule has 2 saturated carbocycles. The van der Waals surface area contributed by atoms with Gasteiger partial charge in [0, 0.05) is 23.4 Å². The lowest BCUT2D eigenvalue weighted by Gasteiger charge is -2.41. The normalized spacial score (nSPS) is 25.8. The average Bonchev–Trinajstić information content (AvgIpc) is 2.65. The monoisotopic (exact) mass is 499 g/mol. The third kappa shape index (κ3) is 5.06. The Balaban J connectivity index is 1.57. The molecule has 0 aliphatic heterocycles. The number of rotatable bonds is 5. The summed E-state index contributed by atoms with van der Waals surface area (Å²) < 4.78 is 34.7. The van der Waals surface area contributed by atoms with Gasteiger partial charge in [-0.1, -0.05) is 15.9 Å². The van der Waals surface area contributed by atoms with Gasteiger partial charge in [-0.3, -0.25) is 9.59 Å². The van der Waals surface area contributed by atoms with Gasteiger partial charge < -0.3 is 15.2 Å². The highest BCUT2D eigenvalue weighted by Gasteiger charge is 2.39. The average molecular weight is 500 g/mol. The minimum Gasteiger partial charge on any atom is -0.473 e. The van der Waals surface area contributed by atoms with Crippen LogP contribution in [-0.4, -0.2) is 44.5 Å². The third-order valence-corrected chi connectivity index (χ3v) is 6.35. The number of benzene rings is 1. The van der Waals surface area contributed by atoms with E-state index >= 15 is 0 Å². The van der Waals surface area contributed by atoms with Crippen molar-refractivity contribution in [2.24, 2.45) is 0 Å². The summed E-state index contributed by atoms with van der Waals surface area (Å²) in [5.74, 6) is -2.93. The van der Waals surface area contributed by atoms with Gasteiger partial charge in [-0.05, 0) is 50.8 Å². The van der Waals surface area contributed by atoms with E-state index in [1.165, 1.54) is 0 Å². The van der Waals surface area contributed by atoms with Gasteiger partial charge in [0.05, 0.1) is 16.4 Å². The second-order valence-electron chi connectivity index (χ2n) is 8.80. The van der Waals surface area contributed by atoms with Crippen molar-refractivity contribution in [3.8, 4) is 5.88 Å². The van der Waals surface area contributed by atoms with E-state index in [9.17, 15) is 23.5 Å². The zero-order valence-corrected chi connectivity index (χ0v) is 18.6. The number of fused-ring (bicyclic) bond motifs is 1. The summed E-state index contributed by atoms with van der Waals surface area (Å²) in [6.45, 7) is 1.40. The predicted molar refractivity (Wildman–Crippen MR) is 113 cm³/mol. The van der Waals surface area contributed by atoms with Crippen LogP contribution in [0.5, 0.6) is 5.88 Å². The van der Waals surface area contributed by atoms with Gasteiger partial charge >= 0.3 is 0 Å². The van der Waals surface area contributed by atoms with Crippen molar-refractivity contribution in [1.82, 2.24) is 15.1 Å². The molecular weight excluding hydrogens is 476 g/mol. The van der Waals surface area contributed by atoms with E-state index in [1.807, 2.05) is 0 Å². The van der Waals surface area contributed by atoms with E-state index in [0.717, 1.165) is 4.68 Å². The molecule has 4 rings (SSSR count). The quantitative estimate of drug-likeness (QED) is 0.658. The molecule has 0 radical (unpaired) electrons. The minimum absolute atomic E-state index is 0.144. The van der Waals surface area contributed by atoms with E-state index in [-0.39, 0.29) is 44.1 Å². The Bertz CT molecular complexity index is 1050. The number of carbonyl (C=O) groups excluding carboxylic acids is 1. The van der Waals surface area contributed by atoms with Crippen LogP contribution in [0.2, 0.25) is 0 Å². The number of aliphatic hydroxyl groups is 1. The molecule has 0 atom stereocenters. The molecule has 7 nitrogen and oxygen atoms in total. The zero-order chi connectivity index (χ0) is 22.4. The summed E-state index contributed by atoms with van der Waals surface area (Å²) >= 11 is 3.36. The van der Waals surface area contributed by atoms with Crippen molar-refractivity contribution >= 4 is 32.6 Å². The number of aromatic nitrogens is 2. The highest BCUT2D eigenvalue weighted by molar-refractivity contribution is 9.10. The number of amides is 1. The molecule has 1 amide bonds. The van der Waals surface area contributed by atoms with Gasteiger partial charge in [0.15, 0.2) is 0 Å². The highest BCUT2D eigenvalue weighted by Crippen LogP contribution is 2.35. The van der Waals surface area contributed by atoms with E-state index in [0.29, 0.717) is 28.1 Å². The largest absolute Gasteiger partial charge is 0.473 e. The smallest absolute Gasteiger partial charge is 0.275 e. The Kier molecular flexibility index (Phi) is 5.80. The topological polar surface area (TPSA) is 93.5 Å². The molecule has 0 saturated heterocycles. The van der Waals surface area contributed by atoms with Crippen LogP contribution >= 0.6 is 15.9 Å². The SMILES string of the molecule is C[C@]1(O)C[C@H](NC(=O)Cn2nc(OC3CCC(F)(F)CC3)c3cc(Br)ccc3c2=O)C1. The number of hydrogen-bond acceptors (Lipinski definition) is 5. The zero-order valence-electron chi connectivity index (χ0n) is 17.0. The molecule has 1 aromatic carbocycles. The Morgan fingerprint density at radius 1 is 1.32 bits per heavy atom. The first kappa shape index (κ1) is 22.1. The van der Waals surface area contributed by atoms with Crippen LogP contribution in [0.4, 0.5) is 8.78 Å². The standard InChI is InChI=1S/C21H24BrF2N3O4/c1-20(30)9-13(10-20)25-17(28)11-27-19(29)15-3-2-12(22)8-16(15)18(26-27)31-14-4-6-21(23,24)7-5-14/h2-3,8,13-14,30H,4-7,9-11H2,1H3,(H,25,28)/t13-,20-. The van der Waals surface area contributed by atoms with E-state index < -0.39 is 29.1 Å². The molecule has 0 spiro atoms. The number of nitrogens with one attached hydrogen (secondary N) is 1.